The van der Waals surface area contributed by atoms with Crippen molar-refractivity contribution in [1.29, 1.82) is 0 Å². The van der Waals surface area contributed by atoms with Crippen LogP contribution in [0.15, 0.2) is 48.2 Å². The lowest BCUT2D eigenvalue weighted by Gasteiger charge is -2.06. The lowest BCUT2D eigenvalue weighted by atomic mass is 10.1. The Morgan fingerprint density at radius 1 is 1.12 bits per heavy atom. The fraction of sp³-hybridized carbons (Fsp3) is 0.158. The van der Waals surface area contributed by atoms with E-state index in [1.165, 1.54) is 21.2 Å². The molecule has 1 aliphatic rings. The Bertz CT molecular complexity index is 1030. The van der Waals surface area contributed by atoms with Crippen LogP contribution < -0.4 is 0 Å². The van der Waals surface area contributed by atoms with Gasteiger partial charge in [0.1, 0.15) is 0 Å². The van der Waals surface area contributed by atoms with Gasteiger partial charge in [-0.05, 0) is 42.9 Å². The number of aromatic nitrogens is 1. The molecular formula is C19H16N2O2S. The third-order valence-electron chi connectivity index (χ3n) is 4.43. The van der Waals surface area contributed by atoms with E-state index in [1.807, 2.05) is 32.2 Å². The molecule has 4 nitrogen and oxygen atoms in total. The van der Waals surface area contributed by atoms with Gasteiger partial charge in [-0.1, -0.05) is 30.3 Å². The topological polar surface area (TPSA) is 34.5 Å². The third-order valence-corrected chi connectivity index (χ3v) is 4.73. The molecule has 0 aliphatic carbocycles. The Hall–Kier alpha value is -2.66. The van der Waals surface area contributed by atoms with Gasteiger partial charge in [-0.15, -0.1) is 0 Å². The number of hydrogen-bond donors (Lipinski definition) is 0. The molecule has 2 aromatic carbocycles. The Morgan fingerprint density at radius 3 is 2.62 bits per heavy atom. The molecule has 1 aromatic heterocycles. The third kappa shape index (κ3) is 2.12. The molecule has 5 heteroatoms. The van der Waals surface area contributed by atoms with Crippen molar-refractivity contribution in [2.45, 2.75) is 6.92 Å². The van der Waals surface area contributed by atoms with Crippen molar-refractivity contribution >= 4 is 51.2 Å². The van der Waals surface area contributed by atoms with Gasteiger partial charge >= 0.3 is 0 Å². The molecule has 0 spiro atoms. The predicted molar refractivity (Wildman–Crippen MR) is 99.5 cm³/mol. The summed E-state index contributed by atoms with van der Waals surface area (Å²) in [7, 11) is 2.05. The first-order valence-corrected chi connectivity index (χ1v) is 8.23. The minimum atomic E-state index is -0.181. The maximum Gasteiger partial charge on any atom is 0.297 e. The van der Waals surface area contributed by atoms with Crippen LogP contribution in [0.5, 0.6) is 0 Å². The molecule has 0 saturated carbocycles. The fourth-order valence-corrected chi connectivity index (χ4v) is 3.49. The maximum absolute atomic E-state index is 12.3. The lowest BCUT2D eigenvalue weighted by molar-refractivity contribution is -0.122. The van der Waals surface area contributed by atoms with Crippen LogP contribution in [-0.4, -0.2) is 27.1 Å². The fourth-order valence-electron chi connectivity index (χ4n) is 3.19. The van der Waals surface area contributed by atoms with Gasteiger partial charge in [0.2, 0.25) is 0 Å². The summed E-state index contributed by atoms with van der Waals surface area (Å²) >= 11 is 5.09. The van der Waals surface area contributed by atoms with E-state index >= 15 is 0 Å². The highest BCUT2D eigenvalue weighted by molar-refractivity contribution is 7.80. The van der Waals surface area contributed by atoms with Crippen LogP contribution in [-0.2, 0) is 16.6 Å². The van der Waals surface area contributed by atoms with Gasteiger partial charge in [-0.2, -0.15) is 0 Å². The zero-order valence-electron chi connectivity index (χ0n) is 13.4. The zero-order chi connectivity index (χ0) is 16.8. The van der Waals surface area contributed by atoms with Gasteiger partial charge in [0.15, 0.2) is 5.76 Å². The molecule has 4 rings (SSSR count). The van der Waals surface area contributed by atoms with Crippen molar-refractivity contribution in [3.05, 3.63) is 53.8 Å². The maximum atomic E-state index is 12.3. The number of nitrogens with zero attached hydrogens (tertiary/aromatic N) is 2. The summed E-state index contributed by atoms with van der Waals surface area (Å²) in [5.74, 6) is 0.0969. The van der Waals surface area contributed by atoms with Crippen LogP contribution in [0.4, 0.5) is 0 Å². The number of aryl methyl sites for hydroxylation is 1. The number of amides is 1. The van der Waals surface area contributed by atoms with Crippen LogP contribution in [0.1, 0.15) is 12.5 Å². The number of likely N-dealkylation sites (N-methyl/N-ethyl adjacent to an activating group) is 1. The van der Waals surface area contributed by atoms with Crippen molar-refractivity contribution in [3.63, 3.8) is 0 Å². The smallest absolute Gasteiger partial charge is 0.297 e. The molecule has 0 unspecified atom stereocenters. The monoisotopic (exact) mass is 336 g/mol. The van der Waals surface area contributed by atoms with E-state index in [-0.39, 0.29) is 16.8 Å². The molecule has 24 heavy (non-hydrogen) atoms. The van der Waals surface area contributed by atoms with Crippen LogP contribution >= 0.6 is 12.2 Å². The van der Waals surface area contributed by atoms with Crippen molar-refractivity contribution in [1.82, 2.24) is 9.47 Å². The second-order valence-corrected chi connectivity index (χ2v) is 6.13. The number of carbonyl (C=O) groups is 1. The quantitative estimate of drug-likeness (QED) is 0.527. The molecular weight excluding hydrogens is 320 g/mol. The van der Waals surface area contributed by atoms with Gasteiger partial charge in [0, 0.05) is 35.4 Å². The van der Waals surface area contributed by atoms with Gasteiger partial charge in [-0.25, -0.2) is 0 Å². The van der Waals surface area contributed by atoms with E-state index in [2.05, 4.69) is 28.8 Å². The summed E-state index contributed by atoms with van der Waals surface area (Å²) in [4.78, 5) is 13.7. The van der Waals surface area contributed by atoms with Crippen LogP contribution in [0.3, 0.4) is 0 Å². The molecule has 0 bridgehead atoms. The van der Waals surface area contributed by atoms with E-state index < -0.39 is 0 Å². The first kappa shape index (κ1) is 14.9. The Labute approximate surface area is 144 Å². The first-order valence-electron chi connectivity index (χ1n) is 7.82. The van der Waals surface area contributed by atoms with Crippen LogP contribution in [0.25, 0.3) is 27.9 Å². The molecule has 0 radical (unpaired) electrons. The highest BCUT2D eigenvalue weighted by Gasteiger charge is 2.31. The summed E-state index contributed by atoms with van der Waals surface area (Å²) in [6, 6.07) is 14.5. The van der Waals surface area contributed by atoms with Gasteiger partial charge < -0.3 is 9.30 Å². The summed E-state index contributed by atoms with van der Waals surface area (Å²) in [6.45, 7) is 2.38. The Morgan fingerprint density at radius 2 is 1.88 bits per heavy atom. The minimum Gasteiger partial charge on any atom is -0.426 e. The van der Waals surface area contributed by atoms with Gasteiger partial charge in [0.05, 0.1) is 0 Å². The summed E-state index contributed by atoms with van der Waals surface area (Å²) < 4.78 is 7.60. The molecule has 2 heterocycles. The van der Waals surface area contributed by atoms with E-state index in [4.69, 9.17) is 17.0 Å². The van der Waals surface area contributed by atoms with E-state index in [1.54, 1.807) is 6.08 Å². The number of carbonyl (C=O) groups excluding carboxylic acids is 1. The number of fused-ring (bicyclic) bond motifs is 3. The van der Waals surface area contributed by atoms with Gasteiger partial charge in [0.25, 0.3) is 11.1 Å². The first-order chi connectivity index (χ1) is 11.6. The number of ether oxygens (including phenoxy) is 1. The van der Waals surface area contributed by atoms with Crippen molar-refractivity contribution in [3.8, 4) is 0 Å². The highest BCUT2D eigenvalue weighted by atomic mass is 32.1. The summed E-state index contributed by atoms with van der Waals surface area (Å²) in [5, 5.41) is 2.64. The molecule has 0 atom stereocenters. The minimum absolute atomic E-state index is 0.181. The molecule has 3 aromatic rings. The second kappa shape index (κ2) is 5.46. The van der Waals surface area contributed by atoms with E-state index in [9.17, 15) is 4.79 Å². The molecule has 0 N–H and O–H groups in total. The van der Waals surface area contributed by atoms with E-state index in [0.717, 1.165) is 11.1 Å². The number of hydrogen-bond acceptors (Lipinski definition) is 3. The molecule has 120 valence electrons. The average Bonchev–Trinajstić information content (AvgIpc) is 3.02. The average molecular weight is 336 g/mol. The standard InChI is InChI=1S/C19H16N2O2S/c1-3-21-18(22)17(23-19(21)24)11-12-8-9-14-13-6-4-5-7-15(13)20(2)16(14)10-12/h4-11H,3H2,1-2H3. The normalized spacial score (nSPS) is 16.6. The Kier molecular flexibility index (Phi) is 3.39. The number of benzene rings is 2. The second-order valence-electron chi connectivity index (χ2n) is 5.78. The predicted octanol–water partition coefficient (Wildman–Crippen LogP) is 3.84. The number of thiocarbonyl (C=S) groups is 1. The molecule has 1 fully saturated rings. The van der Waals surface area contributed by atoms with Gasteiger partial charge in [-0.3, -0.25) is 9.69 Å². The lowest BCUT2D eigenvalue weighted by Crippen LogP contribution is -2.27. The van der Waals surface area contributed by atoms with Crippen molar-refractivity contribution in [2.75, 3.05) is 6.54 Å². The van der Waals surface area contributed by atoms with Crippen molar-refractivity contribution in [2.24, 2.45) is 7.05 Å². The highest BCUT2D eigenvalue weighted by Crippen LogP contribution is 2.29. The summed E-state index contributed by atoms with van der Waals surface area (Å²) in [5.41, 5.74) is 3.22. The SMILES string of the molecule is CCN1C(=O)C(=Cc2ccc3c4ccccc4n(C)c3c2)OC1=S. The van der Waals surface area contributed by atoms with Crippen LogP contribution in [0.2, 0.25) is 0 Å². The number of rotatable bonds is 2. The van der Waals surface area contributed by atoms with E-state index in [0.29, 0.717) is 6.54 Å². The zero-order valence-corrected chi connectivity index (χ0v) is 14.3. The molecule has 1 saturated heterocycles. The number of para-hydroxylation sites is 1. The molecule has 1 aliphatic heterocycles. The Balaban J connectivity index is 1.83. The summed E-state index contributed by atoms with van der Waals surface area (Å²) in [6.07, 6.45) is 1.75. The van der Waals surface area contributed by atoms with Crippen LogP contribution in [0, 0.1) is 0 Å². The largest absolute Gasteiger partial charge is 0.426 e. The van der Waals surface area contributed by atoms with Crippen molar-refractivity contribution < 1.29 is 9.53 Å². The molecule has 1 amide bonds.